The maximum absolute atomic E-state index is 12.8. The van der Waals surface area contributed by atoms with E-state index in [-0.39, 0.29) is 22.9 Å². The molecular weight excluding hydrogens is 245 g/mol. The Morgan fingerprint density at radius 3 is 2.33 bits per heavy atom. The average molecular weight is 254 g/mol. The molecule has 0 spiro atoms. The van der Waals surface area contributed by atoms with Crippen LogP contribution in [0, 0.1) is 0 Å². The van der Waals surface area contributed by atoms with Gasteiger partial charge >= 0.3 is 6.18 Å². The van der Waals surface area contributed by atoms with Gasteiger partial charge in [-0.05, 0) is 24.3 Å². The number of halogens is 3. The van der Waals surface area contributed by atoms with Crippen LogP contribution in [0.5, 0.6) is 0 Å². The number of nitrogen functional groups attached to an aromatic ring is 2. The Hall–Kier alpha value is -2.31. The lowest BCUT2D eigenvalue weighted by Gasteiger charge is -2.12. The van der Waals surface area contributed by atoms with Crippen LogP contribution < -0.4 is 11.5 Å². The van der Waals surface area contributed by atoms with Gasteiger partial charge in [0.2, 0.25) is 0 Å². The van der Waals surface area contributed by atoms with Gasteiger partial charge in [0.1, 0.15) is 11.6 Å². The molecule has 0 aliphatic carbocycles. The normalized spacial score (nSPS) is 11.5. The second kappa shape index (κ2) is 4.17. The lowest BCUT2D eigenvalue weighted by molar-refractivity contribution is -0.137. The summed E-state index contributed by atoms with van der Waals surface area (Å²) < 4.78 is 38.5. The number of pyridine rings is 2. The topological polar surface area (TPSA) is 77.8 Å². The second-order valence-corrected chi connectivity index (χ2v) is 3.60. The Kier molecular flexibility index (Phi) is 2.82. The molecule has 0 aliphatic rings. The van der Waals surface area contributed by atoms with Crippen molar-refractivity contribution in [3.05, 3.63) is 36.0 Å². The van der Waals surface area contributed by atoms with E-state index in [0.717, 1.165) is 12.1 Å². The summed E-state index contributed by atoms with van der Waals surface area (Å²) in [6.45, 7) is 0. The van der Waals surface area contributed by atoms with Gasteiger partial charge in [0, 0.05) is 11.8 Å². The molecule has 2 rings (SSSR count). The average Bonchev–Trinajstić information content (AvgIpc) is 2.27. The van der Waals surface area contributed by atoms with Gasteiger partial charge in [-0.25, -0.2) is 9.97 Å². The second-order valence-electron chi connectivity index (χ2n) is 3.60. The molecule has 2 aromatic heterocycles. The van der Waals surface area contributed by atoms with E-state index in [1.54, 1.807) is 0 Å². The highest BCUT2D eigenvalue weighted by Crippen LogP contribution is 2.36. The molecule has 2 heterocycles. The quantitative estimate of drug-likeness (QED) is 0.818. The summed E-state index contributed by atoms with van der Waals surface area (Å²) in [7, 11) is 0. The largest absolute Gasteiger partial charge is 0.418 e. The summed E-state index contributed by atoms with van der Waals surface area (Å²) in [6, 6.07) is 4.72. The van der Waals surface area contributed by atoms with Crippen LogP contribution in [0.25, 0.3) is 11.3 Å². The van der Waals surface area contributed by atoms with E-state index >= 15 is 0 Å². The van der Waals surface area contributed by atoms with Crippen molar-refractivity contribution in [1.29, 1.82) is 0 Å². The molecular formula is C11H9F3N4. The van der Waals surface area contributed by atoms with E-state index in [0.29, 0.717) is 0 Å². The third-order valence-corrected chi connectivity index (χ3v) is 2.28. The highest BCUT2D eigenvalue weighted by molar-refractivity contribution is 5.67. The van der Waals surface area contributed by atoms with Crippen molar-refractivity contribution in [3.63, 3.8) is 0 Å². The van der Waals surface area contributed by atoms with E-state index in [4.69, 9.17) is 11.5 Å². The summed E-state index contributed by atoms with van der Waals surface area (Å²) in [5, 5.41) is 0. The van der Waals surface area contributed by atoms with Gasteiger partial charge in [0.05, 0.1) is 11.3 Å². The van der Waals surface area contributed by atoms with Gasteiger partial charge in [-0.2, -0.15) is 13.2 Å². The predicted molar refractivity (Wildman–Crippen MR) is 61.3 cm³/mol. The smallest absolute Gasteiger partial charge is 0.384 e. The van der Waals surface area contributed by atoms with Crippen molar-refractivity contribution < 1.29 is 13.2 Å². The molecule has 7 heteroatoms. The Labute approximate surface area is 100 Å². The number of alkyl halides is 3. The van der Waals surface area contributed by atoms with Gasteiger partial charge in [0.25, 0.3) is 0 Å². The molecule has 0 unspecified atom stereocenters. The van der Waals surface area contributed by atoms with Crippen LogP contribution in [0.15, 0.2) is 30.5 Å². The Balaban J connectivity index is 2.66. The lowest BCUT2D eigenvalue weighted by Crippen LogP contribution is -2.09. The summed E-state index contributed by atoms with van der Waals surface area (Å²) in [4.78, 5) is 7.44. The fourth-order valence-corrected chi connectivity index (χ4v) is 1.52. The third-order valence-electron chi connectivity index (χ3n) is 2.28. The van der Waals surface area contributed by atoms with Crippen LogP contribution in [0.3, 0.4) is 0 Å². The van der Waals surface area contributed by atoms with Crippen molar-refractivity contribution in [2.75, 3.05) is 11.5 Å². The zero-order chi connectivity index (χ0) is 13.3. The molecule has 0 amide bonds. The highest BCUT2D eigenvalue weighted by Gasteiger charge is 2.34. The molecule has 94 valence electrons. The van der Waals surface area contributed by atoms with Crippen molar-refractivity contribution in [3.8, 4) is 11.3 Å². The minimum absolute atomic E-state index is 0.00776. The molecule has 4 nitrogen and oxygen atoms in total. The van der Waals surface area contributed by atoms with E-state index in [9.17, 15) is 13.2 Å². The molecule has 18 heavy (non-hydrogen) atoms. The van der Waals surface area contributed by atoms with Gasteiger partial charge in [-0.15, -0.1) is 0 Å². The molecule has 0 bridgehead atoms. The number of aromatic nitrogens is 2. The number of hydrogen-bond donors (Lipinski definition) is 2. The molecule has 4 N–H and O–H groups in total. The minimum atomic E-state index is -4.51. The summed E-state index contributed by atoms with van der Waals surface area (Å²) >= 11 is 0. The summed E-state index contributed by atoms with van der Waals surface area (Å²) in [6.07, 6.45) is -3.19. The van der Waals surface area contributed by atoms with Crippen LogP contribution in [0.2, 0.25) is 0 Å². The number of nitrogens with zero attached hydrogens (tertiary/aromatic N) is 2. The van der Waals surface area contributed by atoms with Crippen molar-refractivity contribution in [2.45, 2.75) is 6.18 Å². The van der Waals surface area contributed by atoms with Gasteiger partial charge < -0.3 is 11.5 Å². The fraction of sp³-hybridized carbons (Fsp3) is 0.0909. The fourth-order valence-electron chi connectivity index (χ4n) is 1.52. The van der Waals surface area contributed by atoms with Gasteiger partial charge in [-0.3, -0.25) is 0 Å². The Morgan fingerprint density at radius 1 is 1.00 bits per heavy atom. The first kappa shape index (κ1) is 12.2. The minimum Gasteiger partial charge on any atom is -0.384 e. The molecule has 0 fully saturated rings. The van der Waals surface area contributed by atoms with Crippen molar-refractivity contribution in [2.24, 2.45) is 0 Å². The van der Waals surface area contributed by atoms with Crippen molar-refractivity contribution in [1.82, 2.24) is 9.97 Å². The molecule has 0 atom stereocenters. The molecule has 0 aliphatic heterocycles. The molecule has 0 saturated carbocycles. The molecule has 2 aromatic rings. The van der Waals surface area contributed by atoms with Crippen LogP contribution >= 0.6 is 0 Å². The van der Waals surface area contributed by atoms with E-state index in [1.807, 2.05) is 0 Å². The maximum Gasteiger partial charge on any atom is 0.418 e. The highest BCUT2D eigenvalue weighted by atomic mass is 19.4. The SMILES string of the molecule is Nc1cc(-c2nc(N)ccc2C(F)(F)F)ccn1. The van der Waals surface area contributed by atoms with E-state index in [2.05, 4.69) is 9.97 Å². The molecule has 0 aromatic carbocycles. The number of hydrogen-bond acceptors (Lipinski definition) is 4. The number of anilines is 2. The molecule has 0 radical (unpaired) electrons. The first-order valence-electron chi connectivity index (χ1n) is 4.93. The van der Waals surface area contributed by atoms with E-state index < -0.39 is 11.7 Å². The van der Waals surface area contributed by atoms with E-state index in [1.165, 1.54) is 18.3 Å². The first-order valence-corrected chi connectivity index (χ1v) is 4.93. The monoisotopic (exact) mass is 254 g/mol. The lowest BCUT2D eigenvalue weighted by atomic mass is 10.1. The predicted octanol–water partition coefficient (Wildman–Crippen LogP) is 2.33. The molecule has 0 saturated heterocycles. The summed E-state index contributed by atoms with van der Waals surface area (Å²) in [5.41, 5.74) is 9.97. The zero-order valence-electron chi connectivity index (χ0n) is 9.07. The number of nitrogens with two attached hydrogens (primary N) is 2. The number of rotatable bonds is 1. The van der Waals surface area contributed by atoms with Gasteiger partial charge in [-0.1, -0.05) is 0 Å². The van der Waals surface area contributed by atoms with Crippen LogP contribution in [0.1, 0.15) is 5.56 Å². The standard InChI is InChI=1S/C11H9F3N4/c12-11(13,14)7-1-2-8(15)18-10(7)6-3-4-17-9(16)5-6/h1-5H,(H2,15,18)(H2,16,17). The maximum atomic E-state index is 12.8. The van der Waals surface area contributed by atoms with Crippen LogP contribution in [-0.4, -0.2) is 9.97 Å². The Bertz CT molecular complexity index is 581. The van der Waals surface area contributed by atoms with Gasteiger partial charge in [0.15, 0.2) is 0 Å². The van der Waals surface area contributed by atoms with Crippen LogP contribution in [0.4, 0.5) is 24.8 Å². The van der Waals surface area contributed by atoms with Crippen molar-refractivity contribution >= 4 is 11.6 Å². The van der Waals surface area contributed by atoms with Crippen LogP contribution in [-0.2, 0) is 6.18 Å². The third kappa shape index (κ3) is 2.34. The first-order chi connectivity index (χ1) is 8.38. The summed E-state index contributed by atoms with van der Waals surface area (Å²) in [5.74, 6) is 0.123. The Morgan fingerprint density at radius 2 is 1.72 bits per heavy atom. The zero-order valence-corrected chi connectivity index (χ0v) is 9.07.